The molecule has 0 saturated carbocycles. The van der Waals surface area contributed by atoms with Gasteiger partial charge in [0.15, 0.2) is 0 Å². The summed E-state index contributed by atoms with van der Waals surface area (Å²) in [6, 6.07) is 14.5. The molecule has 0 radical (unpaired) electrons. The Balaban J connectivity index is 1.42. The zero-order valence-electron chi connectivity index (χ0n) is 12.7. The van der Waals surface area contributed by atoms with Crippen LogP contribution >= 0.6 is 11.6 Å². The summed E-state index contributed by atoms with van der Waals surface area (Å²) in [7, 11) is 0. The molecule has 23 heavy (non-hydrogen) atoms. The van der Waals surface area contributed by atoms with E-state index in [1.165, 1.54) is 27.4 Å². The topological polar surface area (TPSA) is 43.6 Å². The van der Waals surface area contributed by atoms with Crippen molar-refractivity contribution < 1.29 is 0 Å². The molecule has 0 aliphatic heterocycles. The van der Waals surface area contributed by atoms with Gasteiger partial charge in [-0.15, -0.1) is 0 Å². The molecule has 0 aliphatic rings. The summed E-state index contributed by atoms with van der Waals surface area (Å²) in [6.45, 7) is 1.80. The fourth-order valence-corrected chi connectivity index (χ4v) is 3.28. The number of hydrogen-bond acceptors (Lipinski definition) is 1. The molecule has 0 spiro atoms. The van der Waals surface area contributed by atoms with Crippen molar-refractivity contribution in [2.45, 2.75) is 13.0 Å². The Morgan fingerprint density at radius 1 is 0.913 bits per heavy atom. The zero-order valence-corrected chi connectivity index (χ0v) is 13.5. The van der Waals surface area contributed by atoms with Crippen LogP contribution in [-0.2, 0) is 13.0 Å². The van der Waals surface area contributed by atoms with E-state index in [0.29, 0.717) is 0 Å². The molecule has 4 rings (SSSR count). The smallest absolute Gasteiger partial charge is 0.0457 e. The lowest BCUT2D eigenvalue weighted by Gasteiger charge is -2.06. The fraction of sp³-hybridized carbons (Fsp3) is 0.158. The van der Waals surface area contributed by atoms with E-state index in [1.54, 1.807) is 0 Å². The number of H-pyrrole nitrogens is 2. The van der Waals surface area contributed by atoms with E-state index >= 15 is 0 Å². The van der Waals surface area contributed by atoms with Crippen LogP contribution in [-0.4, -0.2) is 16.5 Å². The molecule has 0 atom stereocenters. The Kier molecular flexibility index (Phi) is 3.82. The van der Waals surface area contributed by atoms with Gasteiger partial charge in [-0.2, -0.15) is 0 Å². The second kappa shape index (κ2) is 6.11. The predicted molar refractivity (Wildman–Crippen MR) is 97.0 cm³/mol. The highest BCUT2D eigenvalue weighted by Gasteiger charge is 2.05. The monoisotopic (exact) mass is 323 g/mol. The van der Waals surface area contributed by atoms with Crippen molar-refractivity contribution in [2.24, 2.45) is 0 Å². The maximum atomic E-state index is 6.10. The van der Waals surface area contributed by atoms with E-state index in [1.807, 2.05) is 24.4 Å². The number of fused-ring (bicyclic) bond motifs is 2. The largest absolute Gasteiger partial charge is 0.361 e. The highest BCUT2D eigenvalue weighted by Crippen LogP contribution is 2.22. The summed E-state index contributed by atoms with van der Waals surface area (Å²) in [5, 5.41) is 6.83. The summed E-state index contributed by atoms with van der Waals surface area (Å²) >= 11 is 6.10. The minimum atomic E-state index is 0.783. The number of hydrogen-bond donors (Lipinski definition) is 3. The molecule has 0 saturated heterocycles. The van der Waals surface area contributed by atoms with E-state index in [2.05, 4.69) is 45.7 Å². The summed E-state index contributed by atoms with van der Waals surface area (Å²) in [6.07, 6.45) is 5.04. The lowest BCUT2D eigenvalue weighted by atomic mass is 10.1. The van der Waals surface area contributed by atoms with Crippen molar-refractivity contribution >= 4 is 33.4 Å². The first kappa shape index (κ1) is 14.4. The summed E-state index contributed by atoms with van der Waals surface area (Å²) in [5.41, 5.74) is 4.96. The summed E-state index contributed by atoms with van der Waals surface area (Å²) < 4.78 is 0. The molecule has 0 amide bonds. The normalized spacial score (nSPS) is 11.5. The van der Waals surface area contributed by atoms with Gasteiger partial charge in [0.1, 0.15) is 0 Å². The number of aromatic nitrogens is 2. The highest BCUT2D eigenvalue weighted by atomic mass is 35.5. The Morgan fingerprint density at radius 3 is 2.78 bits per heavy atom. The second-order valence-electron chi connectivity index (χ2n) is 5.79. The van der Waals surface area contributed by atoms with Gasteiger partial charge in [-0.1, -0.05) is 23.7 Å². The molecule has 2 heterocycles. The number of rotatable bonds is 5. The van der Waals surface area contributed by atoms with Crippen molar-refractivity contribution in [1.82, 2.24) is 15.3 Å². The van der Waals surface area contributed by atoms with E-state index in [-0.39, 0.29) is 0 Å². The molecule has 0 bridgehead atoms. The maximum Gasteiger partial charge on any atom is 0.0457 e. The average Bonchev–Trinajstić information content (AvgIpc) is 3.18. The Hall–Kier alpha value is -2.23. The lowest BCUT2D eigenvalue weighted by Crippen LogP contribution is -2.16. The minimum absolute atomic E-state index is 0.783. The lowest BCUT2D eigenvalue weighted by molar-refractivity contribution is 0.691. The van der Waals surface area contributed by atoms with Crippen LogP contribution in [0.1, 0.15) is 11.1 Å². The molecular weight excluding hydrogens is 306 g/mol. The Labute approximate surface area is 139 Å². The van der Waals surface area contributed by atoms with Crippen LogP contribution in [0.15, 0.2) is 54.9 Å². The highest BCUT2D eigenvalue weighted by molar-refractivity contribution is 6.31. The molecule has 2 aromatic carbocycles. The van der Waals surface area contributed by atoms with Crippen LogP contribution in [0.2, 0.25) is 5.02 Å². The minimum Gasteiger partial charge on any atom is -0.361 e. The van der Waals surface area contributed by atoms with Gasteiger partial charge in [-0.25, -0.2) is 0 Å². The third kappa shape index (κ3) is 2.85. The predicted octanol–water partition coefficient (Wildman–Crippen LogP) is 4.63. The van der Waals surface area contributed by atoms with E-state index in [4.69, 9.17) is 11.6 Å². The van der Waals surface area contributed by atoms with Crippen LogP contribution in [0, 0.1) is 0 Å². The third-order valence-electron chi connectivity index (χ3n) is 4.30. The fourth-order valence-electron chi connectivity index (χ4n) is 3.11. The van der Waals surface area contributed by atoms with Crippen LogP contribution < -0.4 is 5.32 Å². The van der Waals surface area contributed by atoms with Crippen molar-refractivity contribution in [3.8, 4) is 0 Å². The average molecular weight is 324 g/mol. The molecule has 3 nitrogen and oxygen atoms in total. The standard InChI is InChI=1S/C19H18ClN3/c20-15-4-5-19-17(10-15)14(12-23-19)6-8-21-11-13-2-1-3-18-16(13)7-9-22-18/h1-5,7,9-10,12,21-23H,6,8,11H2. The first-order chi connectivity index (χ1) is 11.3. The molecular formula is C19H18ClN3. The quantitative estimate of drug-likeness (QED) is 0.460. The Morgan fingerprint density at radius 2 is 1.83 bits per heavy atom. The van der Waals surface area contributed by atoms with Crippen LogP contribution in [0.5, 0.6) is 0 Å². The van der Waals surface area contributed by atoms with Crippen LogP contribution in [0.3, 0.4) is 0 Å². The van der Waals surface area contributed by atoms with Crippen LogP contribution in [0.4, 0.5) is 0 Å². The van der Waals surface area contributed by atoms with Gasteiger partial charge < -0.3 is 15.3 Å². The van der Waals surface area contributed by atoms with Crippen molar-refractivity contribution in [2.75, 3.05) is 6.54 Å². The van der Waals surface area contributed by atoms with Gasteiger partial charge in [0, 0.05) is 45.8 Å². The number of halogens is 1. The maximum absolute atomic E-state index is 6.10. The first-order valence-electron chi connectivity index (χ1n) is 7.82. The van der Waals surface area contributed by atoms with Crippen LogP contribution in [0.25, 0.3) is 21.8 Å². The van der Waals surface area contributed by atoms with E-state index in [9.17, 15) is 0 Å². The molecule has 0 aliphatic carbocycles. The van der Waals surface area contributed by atoms with Gasteiger partial charge in [0.25, 0.3) is 0 Å². The van der Waals surface area contributed by atoms with Crippen molar-refractivity contribution in [3.05, 3.63) is 71.0 Å². The Bertz CT molecular complexity index is 951. The summed E-state index contributed by atoms with van der Waals surface area (Å²) in [5.74, 6) is 0. The molecule has 0 unspecified atom stereocenters. The van der Waals surface area contributed by atoms with Gasteiger partial charge in [-0.3, -0.25) is 0 Å². The number of aromatic amines is 2. The van der Waals surface area contributed by atoms with E-state index < -0.39 is 0 Å². The molecule has 4 heteroatoms. The van der Waals surface area contributed by atoms with Gasteiger partial charge in [0.2, 0.25) is 0 Å². The second-order valence-corrected chi connectivity index (χ2v) is 6.22. The first-order valence-corrected chi connectivity index (χ1v) is 8.20. The van der Waals surface area contributed by atoms with Gasteiger partial charge >= 0.3 is 0 Å². The summed E-state index contributed by atoms with van der Waals surface area (Å²) in [4.78, 5) is 6.56. The molecule has 3 N–H and O–H groups in total. The van der Waals surface area contributed by atoms with E-state index in [0.717, 1.165) is 30.0 Å². The molecule has 116 valence electrons. The van der Waals surface area contributed by atoms with Gasteiger partial charge in [0.05, 0.1) is 0 Å². The number of nitrogens with one attached hydrogen (secondary N) is 3. The van der Waals surface area contributed by atoms with Gasteiger partial charge in [-0.05, 0) is 54.4 Å². The molecule has 2 aromatic heterocycles. The van der Waals surface area contributed by atoms with Crippen molar-refractivity contribution in [1.29, 1.82) is 0 Å². The third-order valence-corrected chi connectivity index (χ3v) is 4.54. The SMILES string of the molecule is Clc1ccc2[nH]cc(CCNCc3cccc4[nH]ccc34)c2c1. The zero-order chi connectivity index (χ0) is 15.6. The molecule has 0 fully saturated rings. The number of benzene rings is 2. The van der Waals surface area contributed by atoms with Crippen molar-refractivity contribution in [3.63, 3.8) is 0 Å². The molecule has 4 aromatic rings.